The topological polar surface area (TPSA) is 69.4 Å². The van der Waals surface area contributed by atoms with Gasteiger partial charge in [-0.05, 0) is 55.8 Å². The molecule has 10 heteroatoms. The average molecular weight is 612 g/mol. The van der Waals surface area contributed by atoms with Crippen molar-refractivity contribution in [3.63, 3.8) is 0 Å². The molecule has 3 aliphatic heterocycles. The lowest BCUT2D eigenvalue weighted by Crippen LogP contribution is -2.57. The van der Waals surface area contributed by atoms with Crippen LogP contribution in [0.2, 0.25) is 0 Å². The van der Waals surface area contributed by atoms with E-state index in [1.54, 1.807) is 0 Å². The Kier molecular flexibility index (Phi) is 8.90. The van der Waals surface area contributed by atoms with Gasteiger partial charge >= 0.3 is 6.01 Å². The fraction of sp³-hybridized carbons (Fsp3) is 0.486. The SMILES string of the molecule is [C-]#[N+]C[C@H]1CN(c2nc(OC[C@@H]3CCCN3C)nc3c2CCN(c2cccc4cccc(C(C)C)c24)C3)CCN1C(=O)C(=C)F. The van der Waals surface area contributed by atoms with E-state index < -0.39 is 17.8 Å². The smallest absolute Gasteiger partial charge is 0.318 e. The third kappa shape index (κ3) is 6.19. The molecule has 6 rings (SSSR count). The molecule has 4 heterocycles. The predicted molar refractivity (Wildman–Crippen MR) is 175 cm³/mol. The first-order valence-electron chi connectivity index (χ1n) is 16.0. The number of carbonyl (C=O) groups excluding carboxylic acids is 1. The largest absolute Gasteiger partial charge is 0.462 e. The quantitative estimate of drug-likeness (QED) is 0.256. The molecule has 0 spiro atoms. The highest BCUT2D eigenvalue weighted by molar-refractivity contribution is 5.97. The molecule has 2 atom stereocenters. The molecule has 2 aromatic carbocycles. The lowest BCUT2D eigenvalue weighted by molar-refractivity contribution is -0.131. The standard InChI is InChI=1S/C35H42FN7O2/c1-23(2)28-12-6-9-25-10-7-13-31(32(25)28)41-16-14-29-30(21-41)38-35(45-22-26-11-8-15-40(26)5)39-33(29)42-17-18-43(34(44)24(3)36)27(20-42)19-37-4/h6-7,9-10,12-13,23,26-27H,3,8,11,14-22H2,1-2,5H3/t26-,27-/m0/s1. The molecule has 1 amide bonds. The van der Waals surface area contributed by atoms with Crippen LogP contribution in [0.3, 0.4) is 0 Å². The minimum Gasteiger partial charge on any atom is -0.462 e. The van der Waals surface area contributed by atoms with Gasteiger partial charge in [0.05, 0.1) is 12.2 Å². The lowest BCUT2D eigenvalue weighted by Gasteiger charge is -2.41. The molecule has 3 aromatic rings. The van der Waals surface area contributed by atoms with Crippen molar-refractivity contribution < 1.29 is 13.9 Å². The number of aromatic nitrogens is 2. The number of anilines is 2. The molecule has 0 unspecified atom stereocenters. The van der Waals surface area contributed by atoms with Crippen LogP contribution >= 0.6 is 0 Å². The Balaban J connectivity index is 1.35. The number of nitrogens with zero attached hydrogens (tertiary/aromatic N) is 7. The van der Waals surface area contributed by atoms with Crippen molar-refractivity contribution in [3.05, 3.63) is 77.0 Å². The second-order valence-corrected chi connectivity index (χ2v) is 12.7. The normalized spacial score (nSPS) is 20.4. The third-order valence-electron chi connectivity index (χ3n) is 9.55. The van der Waals surface area contributed by atoms with Gasteiger partial charge in [0.1, 0.15) is 18.5 Å². The Morgan fingerprint density at radius 2 is 1.91 bits per heavy atom. The van der Waals surface area contributed by atoms with Crippen LogP contribution in [-0.4, -0.2) is 90.7 Å². The number of likely N-dealkylation sites (N-methyl/N-ethyl adjacent to an activating group) is 1. The molecule has 0 bridgehead atoms. The molecule has 236 valence electrons. The Labute approximate surface area is 265 Å². The molecular weight excluding hydrogens is 569 g/mol. The maximum atomic E-state index is 13.9. The maximum Gasteiger partial charge on any atom is 0.318 e. The van der Waals surface area contributed by atoms with Crippen molar-refractivity contribution in [2.24, 2.45) is 0 Å². The molecule has 9 nitrogen and oxygen atoms in total. The summed E-state index contributed by atoms with van der Waals surface area (Å²) in [6.45, 7) is 19.3. The van der Waals surface area contributed by atoms with E-state index in [4.69, 9.17) is 21.3 Å². The highest BCUT2D eigenvalue weighted by atomic mass is 19.1. The van der Waals surface area contributed by atoms with Gasteiger partial charge in [-0.25, -0.2) is 11.0 Å². The van der Waals surface area contributed by atoms with Crippen LogP contribution in [0.1, 0.15) is 49.4 Å². The molecule has 3 aliphatic rings. The van der Waals surface area contributed by atoms with E-state index in [1.165, 1.54) is 26.9 Å². The highest BCUT2D eigenvalue weighted by Gasteiger charge is 2.36. The van der Waals surface area contributed by atoms with Gasteiger partial charge in [0, 0.05) is 48.9 Å². The van der Waals surface area contributed by atoms with E-state index in [2.05, 4.69) is 83.4 Å². The molecule has 1 aromatic heterocycles. The van der Waals surface area contributed by atoms with E-state index in [-0.39, 0.29) is 13.1 Å². The van der Waals surface area contributed by atoms with E-state index in [9.17, 15) is 9.18 Å². The summed E-state index contributed by atoms with van der Waals surface area (Å²) in [6.07, 6.45) is 2.97. The van der Waals surface area contributed by atoms with Crippen molar-refractivity contribution in [2.45, 2.75) is 57.7 Å². The molecule has 45 heavy (non-hydrogen) atoms. The second kappa shape index (κ2) is 13.0. The molecule has 0 saturated carbocycles. The second-order valence-electron chi connectivity index (χ2n) is 12.7. The van der Waals surface area contributed by atoms with Crippen LogP contribution in [0, 0.1) is 6.57 Å². The molecule has 0 aliphatic carbocycles. The molecule has 0 N–H and O–H groups in total. The van der Waals surface area contributed by atoms with Gasteiger partial charge in [0.15, 0.2) is 5.83 Å². The van der Waals surface area contributed by atoms with E-state index in [1.807, 2.05) is 0 Å². The summed E-state index contributed by atoms with van der Waals surface area (Å²) in [7, 11) is 2.12. The first-order valence-corrected chi connectivity index (χ1v) is 16.0. The first-order chi connectivity index (χ1) is 21.7. The van der Waals surface area contributed by atoms with Gasteiger partial charge < -0.3 is 29.2 Å². The lowest BCUT2D eigenvalue weighted by atomic mass is 9.93. The van der Waals surface area contributed by atoms with Crippen molar-refractivity contribution >= 4 is 28.2 Å². The van der Waals surface area contributed by atoms with Gasteiger partial charge in [-0.3, -0.25) is 4.79 Å². The van der Waals surface area contributed by atoms with Gasteiger partial charge in [-0.2, -0.15) is 9.97 Å². The Morgan fingerprint density at radius 3 is 2.62 bits per heavy atom. The van der Waals surface area contributed by atoms with E-state index in [0.717, 1.165) is 49.4 Å². The van der Waals surface area contributed by atoms with Crippen molar-refractivity contribution in [3.8, 4) is 6.01 Å². The number of ether oxygens (including phenoxy) is 1. The zero-order valence-electron chi connectivity index (χ0n) is 26.5. The number of amides is 1. The Morgan fingerprint density at radius 1 is 1.11 bits per heavy atom. The minimum atomic E-state index is -1.00. The van der Waals surface area contributed by atoms with Crippen LogP contribution in [0.15, 0.2) is 48.8 Å². The summed E-state index contributed by atoms with van der Waals surface area (Å²) in [5.74, 6) is -0.571. The van der Waals surface area contributed by atoms with Crippen molar-refractivity contribution in [2.75, 3.05) is 62.7 Å². The third-order valence-corrected chi connectivity index (χ3v) is 9.55. The van der Waals surface area contributed by atoms with Crippen LogP contribution in [-0.2, 0) is 17.8 Å². The number of carbonyl (C=O) groups is 1. The summed E-state index contributed by atoms with van der Waals surface area (Å²) < 4.78 is 20.2. The van der Waals surface area contributed by atoms with Gasteiger partial charge in [0.2, 0.25) is 6.54 Å². The monoisotopic (exact) mass is 611 g/mol. The van der Waals surface area contributed by atoms with Crippen molar-refractivity contribution in [1.82, 2.24) is 19.8 Å². The molecule has 0 radical (unpaired) electrons. The number of rotatable bonds is 8. The van der Waals surface area contributed by atoms with Crippen LogP contribution in [0.25, 0.3) is 15.6 Å². The number of piperazine rings is 1. The zero-order valence-corrected chi connectivity index (χ0v) is 26.5. The van der Waals surface area contributed by atoms with Gasteiger partial charge in [-0.1, -0.05) is 50.8 Å². The minimum absolute atomic E-state index is 0.0766. The fourth-order valence-corrected chi connectivity index (χ4v) is 7.11. The van der Waals surface area contributed by atoms with Crippen molar-refractivity contribution in [1.29, 1.82) is 0 Å². The molecule has 2 fully saturated rings. The highest BCUT2D eigenvalue weighted by Crippen LogP contribution is 2.38. The summed E-state index contributed by atoms with van der Waals surface area (Å²) >= 11 is 0. The number of likely N-dealkylation sites (tertiary alicyclic amines) is 1. The molecular formula is C35H42FN7O2. The average Bonchev–Trinajstić information content (AvgIpc) is 3.46. The Hall–Kier alpha value is -4.23. The van der Waals surface area contributed by atoms with Gasteiger partial charge in [0.25, 0.3) is 5.91 Å². The number of hydrogen-bond acceptors (Lipinski definition) is 7. The maximum absolute atomic E-state index is 13.9. The predicted octanol–water partition coefficient (Wildman–Crippen LogP) is 5.21. The summed E-state index contributed by atoms with van der Waals surface area (Å²) in [5, 5.41) is 2.51. The van der Waals surface area contributed by atoms with Gasteiger partial charge in [-0.15, -0.1) is 0 Å². The number of hydrogen-bond donors (Lipinski definition) is 0. The summed E-state index contributed by atoms with van der Waals surface area (Å²) in [5.41, 5.74) is 4.53. The molecule has 2 saturated heterocycles. The van der Waals surface area contributed by atoms with E-state index in [0.29, 0.717) is 44.2 Å². The fourth-order valence-electron chi connectivity index (χ4n) is 7.11. The number of benzene rings is 2. The van der Waals surface area contributed by atoms with Crippen LogP contribution in [0.4, 0.5) is 15.9 Å². The Bertz CT molecular complexity index is 1630. The zero-order chi connectivity index (χ0) is 31.7. The van der Waals surface area contributed by atoms with Crippen LogP contribution in [0.5, 0.6) is 6.01 Å². The number of fused-ring (bicyclic) bond motifs is 2. The number of halogens is 1. The first kappa shape index (κ1) is 30.8. The summed E-state index contributed by atoms with van der Waals surface area (Å²) in [4.78, 5) is 34.4. The summed E-state index contributed by atoms with van der Waals surface area (Å²) in [6, 6.07) is 13.2. The van der Waals surface area contributed by atoms with E-state index >= 15 is 0 Å². The van der Waals surface area contributed by atoms with Crippen LogP contribution < -0.4 is 14.5 Å².